The van der Waals surface area contributed by atoms with E-state index in [2.05, 4.69) is 10.6 Å². The van der Waals surface area contributed by atoms with Gasteiger partial charge in [0.1, 0.15) is 5.02 Å². The Morgan fingerprint density at radius 3 is 2.27 bits per heavy atom. The second-order valence-electron chi connectivity index (χ2n) is 4.87. The molecule has 0 spiro atoms. The van der Waals surface area contributed by atoms with E-state index < -0.39 is 33.9 Å². The zero-order valence-electron chi connectivity index (χ0n) is 12.6. The molecule has 0 saturated carbocycles. The summed E-state index contributed by atoms with van der Waals surface area (Å²) in [4.78, 5) is 21.9. The fraction of sp³-hybridized carbons (Fsp3) is 0.0667. The molecular weight excluding hydrogens is 377 g/mol. The average Bonchev–Trinajstić information content (AvgIpc) is 2.55. The second-order valence-corrected chi connectivity index (χ2v) is 5.28. The molecular formula is C15H8ClF3N4O3. The Balaban J connectivity index is 2.20. The van der Waals surface area contributed by atoms with Gasteiger partial charge in [0.05, 0.1) is 22.1 Å². The summed E-state index contributed by atoms with van der Waals surface area (Å²) in [7, 11) is 0. The first-order valence-corrected chi connectivity index (χ1v) is 7.13. The molecule has 134 valence electrons. The minimum absolute atomic E-state index is 0.0169. The summed E-state index contributed by atoms with van der Waals surface area (Å²) in [6.45, 7) is 0. The van der Waals surface area contributed by atoms with Crippen molar-refractivity contribution in [1.82, 2.24) is 0 Å². The van der Waals surface area contributed by atoms with Crippen molar-refractivity contribution in [1.29, 1.82) is 5.26 Å². The number of carbonyl (C=O) groups is 1. The molecule has 2 rings (SSSR count). The van der Waals surface area contributed by atoms with Gasteiger partial charge in [-0.05, 0) is 30.3 Å². The number of nitrogens with one attached hydrogen (secondary N) is 2. The molecule has 0 radical (unpaired) electrons. The number of amides is 2. The van der Waals surface area contributed by atoms with Gasteiger partial charge < -0.3 is 10.6 Å². The number of nitro groups is 1. The van der Waals surface area contributed by atoms with E-state index >= 15 is 0 Å². The van der Waals surface area contributed by atoms with Crippen LogP contribution >= 0.6 is 11.6 Å². The lowest BCUT2D eigenvalue weighted by atomic mass is 10.1. The number of urea groups is 1. The largest absolute Gasteiger partial charge is 0.417 e. The number of rotatable bonds is 3. The van der Waals surface area contributed by atoms with Crippen LogP contribution in [0, 0.1) is 21.4 Å². The Morgan fingerprint density at radius 1 is 1.15 bits per heavy atom. The maximum absolute atomic E-state index is 12.9. The highest BCUT2D eigenvalue weighted by molar-refractivity contribution is 6.32. The van der Waals surface area contributed by atoms with E-state index in [4.69, 9.17) is 16.9 Å². The van der Waals surface area contributed by atoms with Gasteiger partial charge in [-0.2, -0.15) is 18.4 Å². The molecule has 0 saturated heterocycles. The van der Waals surface area contributed by atoms with Crippen molar-refractivity contribution >= 4 is 34.7 Å². The molecule has 2 aromatic carbocycles. The highest BCUT2D eigenvalue weighted by atomic mass is 35.5. The van der Waals surface area contributed by atoms with Crippen LogP contribution in [0.2, 0.25) is 5.02 Å². The van der Waals surface area contributed by atoms with Crippen molar-refractivity contribution in [3.63, 3.8) is 0 Å². The third-order valence-corrected chi connectivity index (χ3v) is 3.42. The molecule has 0 aliphatic heterocycles. The SMILES string of the molecule is N#Cc1ccc(NC(=O)Nc2ccc(Cl)c([N+](=O)[O-])c2)cc1C(F)(F)F. The van der Waals surface area contributed by atoms with Gasteiger partial charge >= 0.3 is 12.2 Å². The van der Waals surface area contributed by atoms with Gasteiger partial charge in [0.25, 0.3) is 5.69 Å². The monoisotopic (exact) mass is 384 g/mol. The summed E-state index contributed by atoms with van der Waals surface area (Å²) in [6, 6.07) is 6.63. The van der Waals surface area contributed by atoms with Gasteiger partial charge in [0.15, 0.2) is 0 Å². The molecule has 0 fully saturated rings. The summed E-state index contributed by atoms with van der Waals surface area (Å²) in [5, 5.41) is 23.8. The number of nitriles is 1. The van der Waals surface area contributed by atoms with Crippen LogP contribution < -0.4 is 10.6 Å². The standard InChI is InChI=1S/C15H8ClF3N4O3/c16-12-4-3-10(6-13(12)23(25)26)22-14(24)21-9-2-1-8(7-20)11(5-9)15(17,18)19/h1-6H,(H2,21,22,24). The lowest BCUT2D eigenvalue weighted by molar-refractivity contribution is -0.384. The van der Waals surface area contributed by atoms with Crippen LogP contribution in [0.15, 0.2) is 36.4 Å². The Kier molecular flexibility index (Phi) is 5.33. The number of carbonyl (C=O) groups excluding carboxylic acids is 1. The molecule has 11 heteroatoms. The number of hydrogen-bond donors (Lipinski definition) is 2. The van der Waals surface area contributed by atoms with Gasteiger partial charge in [-0.3, -0.25) is 10.1 Å². The minimum Gasteiger partial charge on any atom is -0.308 e. The van der Waals surface area contributed by atoms with Crippen molar-refractivity contribution in [3.8, 4) is 6.07 Å². The summed E-state index contributed by atoms with van der Waals surface area (Å²) in [5.74, 6) is 0. The van der Waals surface area contributed by atoms with Gasteiger partial charge in [-0.25, -0.2) is 4.79 Å². The average molecular weight is 385 g/mol. The highest BCUT2D eigenvalue weighted by Crippen LogP contribution is 2.33. The lowest BCUT2D eigenvalue weighted by Gasteiger charge is -2.12. The molecule has 2 aromatic rings. The van der Waals surface area contributed by atoms with E-state index in [9.17, 15) is 28.1 Å². The van der Waals surface area contributed by atoms with Crippen molar-refractivity contribution in [3.05, 3.63) is 62.7 Å². The van der Waals surface area contributed by atoms with Crippen LogP contribution in [-0.4, -0.2) is 11.0 Å². The molecule has 0 atom stereocenters. The summed E-state index contributed by atoms with van der Waals surface area (Å²) >= 11 is 5.64. The number of alkyl halides is 3. The van der Waals surface area contributed by atoms with Crippen LogP contribution in [0.3, 0.4) is 0 Å². The highest BCUT2D eigenvalue weighted by Gasteiger charge is 2.34. The lowest BCUT2D eigenvalue weighted by Crippen LogP contribution is -2.20. The number of benzene rings is 2. The first kappa shape index (κ1) is 19.0. The fourth-order valence-electron chi connectivity index (χ4n) is 1.98. The molecule has 2 N–H and O–H groups in total. The van der Waals surface area contributed by atoms with Crippen LogP contribution in [0.1, 0.15) is 11.1 Å². The molecule has 0 bridgehead atoms. The van der Waals surface area contributed by atoms with Crippen LogP contribution in [0.25, 0.3) is 0 Å². The molecule has 0 aliphatic carbocycles. The third-order valence-electron chi connectivity index (χ3n) is 3.10. The van der Waals surface area contributed by atoms with Crippen molar-refractivity contribution in [2.45, 2.75) is 6.18 Å². The van der Waals surface area contributed by atoms with Gasteiger partial charge in [-0.15, -0.1) is 0 Å². The zero-order chi connectivity index (χ0) is 19.5. The van der Waals surface area contributed by atoms with E-state index in [1.165, 1.54) is 18.2 Å². The maximum atomic E-state index is 12.9. The van der Waals surface area contributed by atoms with E-state index in [1.54, 1.807) is 0 Å². The van der Waals surface area contributed by atoms with Gasteiger partial charge in [0.2, 0.25) is 0 Å². The van der Waals surface area contributed by atoms with E-state index in [-0.39, 0.29) is 16.4 Å². The summed E-state index contributed by atoms with van der Waals surface area (Å²) in [6.07, 6.45) is -4.77. The Hall–Kier alpha value is -3.32. The summed E-state index contributed by atoms with van der Waals surface area (Å²) in [5.41, 5.74) is -2.42. The topological polar surface area (TPSA) is 108 Å². The van der Waals surface area contributed by atoms with Crippen LogP contribution in [-0.2, 0) is 6.18 Å². The van der Waals surface area contributed by atoms with Gasteiger partial charge in [0, 0.05) is 17.4 Å². The number of anilines is 2. The Labute approximate surface area is 149 Å². The van der Waals surface area contributed by atoms with Crippen LogP contribution in [0.4, 0.5) is 35.0 Å². The quantitative estimate of drug-likeness (QED) is 0.586. The van der Waals surface area contributed by atoms with Crippen molar-refractivity contribution < 1.29 is 22.9 Å². The predicted molar refractivity (Wildman–Crippen MR) is 86.9 cm³/mol. The number of halogens is 4. The Bertz CT molecular complexity index is 925. The molecule has 0 aliphatic rings. The fourth-order valence-corrected chi connectivity index (χ4v) is 2.16. The molecule has 0 heterocycles. The second kappa shape index (κ2) is 7.28. The van der Waals surface area contributed by atoms with Crippen LogP contribution in [0.5, 0.6) is 0 Å². The Morgan fingerprint density at radius 2 is 1.73 bits per heavy atom. The normalized spacial score (nSPS) is 10.7. The minimum atomic E-state index is -4.77. The first-order chi connectivity index (χ1) is 12.1. The predicted octanol–water partition coefficient (Wildman–Crippen LogP) is 4.78. The molecule has 0 aromatic heterocycles. The van der Waals surface area contributed by atoms with Gasteiger partial charge in [-0.1, -0.05) is 11.6 Å². The first-order valence-electron chi connectivity index (χ1n) is 6.75. The molecule has 0 unspecified atom stereocenters. The third kappa shape index (κ3) is 4.40. The number of nitrogens with zero attached hydrogens (tertiary/aromatic N) is 2. The van der Waals surface area contributed by atoms with Crippen molar-refractivity contribution in [2.75, 3.05) is 10.6 Å². The van der Waals surface area contributed by atoms with Crippen molar-refractivity contribution in [2.24, 2.45) is 0 Å². The zero-order valence-corrected chi connectivity index (χ0v) is 13.4. The molecule has 26 heavy (non-hydrogen) atoms. The number of hydrogen-bond acceptors (Lipinski definition) is 4. The smallest absolute Gasteiger partial charge is 0.308 e. The van der Waals surface area contributed by atoms with E-state index in [0.29, 0.717) is 6.07 Å². The molecule has 2 amide bonds. The van der Waals surface area contributed by atoms with E-state index in [0.717, 1.165) is 18.2 Å². The number of nitro benzene ring substituents is 1. The van der Waals surface area contributed by atoms with E-state index in [1.807, 2.05) is 0 Å². The summed E-state index contributed by atoms with van der Waals surface area (Å²) < 4.78 is 38.7. The maximum Gasteiger partial charge on any atom is 0.417 e. The molecule has 7 nitrogen and oxygen atoms in total.